The van der Waals surface area contributed by atoms with E-state index in [0.717, 1.165) is 30.4 Å². The summed E-state index contributed by atoms with van der Waals surface area (Å²) in [6.07, 6.45) is 2.58. The molecule has 0 bridgehead atoms. The smallest absolute Gasteiger partial charge is 0.254 e. The highest BCUT2D eigenvalue weighted by Crippen LogP contribution is 2.38. The Hall–Kier alpha value is -2.34. The van der Waals surface area contributed by atoms with Gasteiger partial charge in [0, 0.05) is 33.6 Å². The molecule has 0 fully saturated rings. The average Bonchev–Trinajstić information content (AvgIpc) is 3.30. The molecule has 0 aliphatic carbocycles. The fraction of sp³-hybridized carbons (Fsp3) is 0.308. The van der Waals surface area contributed by atoms with Crippen LogP contribution < -0.4 is 0 Å². The number of unbranched alkanes of at least 4 members (excludes halogenated alkanes) is 1. The number of thiophene rings is 1. The van der Waals surface area contributed by atoms with E-state index in [1.807, 2.05) is 29.2 Å². The molecular formula is C26H26Cl2N2O2S. The Bertz CT molecular complexity index is 1130. The van der Waals surface area contributed by atoms with E-state index in [2.05, 4.69) is 18.4 Å². The summed E-state index contributed by atoms with van der Waals surface area (Å²) in [4.78, 5) is 31.8. The molecular weight excluding hydrogens is 475 g/mol. The van der Waals surface area contributed by atoms with Crippen molar-refractivity contribution in [3.05, 3.63) is 91.6 Å². The van der Waals surface area contributed by atoms with Crippen LogP contribution in [0.2, 0.25) is 10.0 Å². The van der Waals surface area contributed by atoms with E-state index in [9.17, 15) is 9.59 Å². The van der Waals surface area contributed by atoms with Crippen LogP contribution in [0.5, 0.6) is 0 Å². The topological polar surface area (TPSA) is 40.6 Å². The second kappa shape index (κ2) is 10.7. The van der Waals surface area contributed by atoms with Gasteiger partial charge < -0.3 is 9.80 Å². The highest BCUT2D eigenvalue weighted by atomic mass is 35.5. The zero-order valence-electron chi connectivity index (χ0n) is 18.5. The van der Waals surface area contributed by atoms with E-state index >= 15 is 0 Å². The number of rotatable bonds is 7. The first kappa shape index (κ1) is 23.8. The van der Waals surface area contributed by atoms with E-state index in [-0.39, 0.29) is 24.4 Å². The maximum Gasteiger partial charge on any atom is 0.254 e. The first-order valence-electron chi connectivity index (χ1n) is 11.1. The normalized spacial score (nSPS) is 15.2. The molecule has 1 aromatic heterocycles. The van der Waals surface area contributed by atoms with Crippen molar-refractivity contribution < 1.29 is 9.59 Å². The summed E-state index contributed by atoms with van der Waals surface area (Å²) in [5.41, 5.74) is 2.68. The van der Waals surface area contributed by atoms with Gasteiger partial charge in [0.05, 0.1) is 6.04 Å². The summed E-state index contributed by atoms with van der Waals surface area (Å²) in [6, 6.07) is 16.5. The van der Waals surface area contributed by atoms with Gasteiger partial charge in [0.1, 0.15) is 6.54 Å². The van der Waals surface area contributed by atoms with Gasteiger partial charge in [0.25, 0.3) is 5.91 Å². The highest BCUT2D eigenvalue weighted by Gasteiger charge is 2.34. The van der Waals surface area contributed by atoms with Crippen LogP contribution in [0.4, 0.5) is 0 Å². The number of carbonyl (C=O) groups excluding carboxylic acids is 2. The van der Waals surface area contributed by atoms with Gasteiger partial charge in [0.2, 0.25) is 5.91 Å². The van der Waals surface area contributed by atoms with E-state index in [1.165, 1.54) is 4.88 Å². The lowest BCUT2D eigenvalue weighted by molar-refractivity contribution is -0.134. The van der Waals surface area contributed by atoms with Crippen LogP contribution in [0.25, 0.3) is 0 Å². The lowest BCUT2D eigenvalue weighted by Gasteiger charge is -2.37. The summed E-state index contributed by atoms with van der Waals surface area (Å²) < 4.78 is 0. The SMILES string of the molecule is CCCCN(CC(=O)N1CCc2sccc2C1c1ccc(Cl)cc1)C(=O)c1cccc(Cl)c1. The molecule has 1 aliphatic rings. The van der Waals surface area contributed by atoms with E-state index in [4.69, 9.17) is 23.2 Å². The molecule has 3 aromatic rings. The molecule has 2 aromatic carbocycles. The van der Waals surface area contributed by atoms with E-state index in [0.29, 0.717) is 28.7 Å². The molecule has 0 saturated carbocycles. The van der Waals surface area contributed by atoms with Crippen molar-refractivity contribution in [3.8, 4) is 0 Å². The molecule has 7 heteroatoms. The minimum atomic E-state index is -0.181. The Morgan fingerprint density at radius 3 is 2.61 bits per heavy atom. The first-order chi connectivity index (χ1) is 16.0. The molecule has 4 nitrogen and oxygen atoms in total. The summed E-state index contributed by atoms with van der Waals surface area (Å²) in [5, 5.41) is 3.25. The Kier molecular flexibility index (Phi) is 7.74. The largest absolute Gasteiger partial charge is 0.330 e. The summed E-state index contributed by atoms with van der Waals surface area (Å²) >= 11 is 14.0. The van der Waals surface area contributed by atoms with Gasteiger partial charge in [-0.1, -0.05) is 54.7 Å². The molecule has 0 spiro atoms. The number of hydrogen-bond acceptors (Lipinski definition) is 3. The second-order valence-corrected chi connectivity index (χ2v) is 10.1. The number of nitrogens with zero attached hydrogens (tertiary/aromatic N) is 2. The zero-order chi connectivity index (χ0) is 23.4. The maximum atomic E-state index is 13.6. The number of amides is 2. The first-order valence-corrected chi connectivity index (χ1v) is 12.8. The van der Waals surface area contributed by atoms with Gasteiger partial charge in [0.15, 0.2) is 0 Å². The van der Waals surface area contributed by atoms with Gasteiger partial charge in [-0.05, 0) is 65.7 Å². The molecule has 0 saturated heterocycles. The number of benzene rings is 2. The minimum absolute atomic E-state index is 0.0366. The highest BCUT2D eigenvalue weighted by molar-refractivity contribution is 7.10. The van der Waals surface area contributed by atoms with Crippen molar-refractivity contribution in [2.75, 3.05) is 19.6 Å². The number of halogens is 2. The standard InChI is InChI=1S/C26H26Cl2N2O2S/c1-2-3-13-29(26(32)19-5-4-6-21(28)16-19)17-24(31)30-14-11-23-22(12-15-33-23)25(30)18-7-9-20(27)10-8-18/h4-10,12,15-16,25H,2-3,11,13-14,17H2,1H3. The van der Waals surface area contributed by atoms with Crippen LogP contribution in [0, 0.1) is 0 Å². The lowest BCUT2D eigenvalue weighted by atomic mass is 9.93. The van der Waals surface area contributed by atoms with Crippen LogP contribution in [-0.4, -0.2) is 41.2 Å². The molecule has 1 aliphatic heterocycles. The van der Waals surface area contributed by atoms with E-state index < -0.39 is 0 Å². The number of fused-ring (bicyclic) bond motifs is 1. The Labute approximate surface area is 208 Å². The zero-order valence-corrected chi connectivity index (χ0v) is 20.8. The maximum absolute atomic E-state index is 13.6. The minimum Gasteiger partial charge on any atom is -0.330 e. The number of carbonyl (C=O) groups is 2. The van der Waals surface area contributed by atoms with Crippen molar-refractivity contribution in [2.45, 2.75) is 32.2 Å². The van der Waals surface area contributed by atoms with Crippen LogP contribution in [0.15, 0.2) is 60.0 Å². The molecule has 0 N–H and O–H groups in total. The average molecular weight is 501 g/mol. The van der Waals surface area contributed by atoms with Crippen molar-refractivity contribution in [3.63, 3.8) is 0 Å². The quantitative estimate of drug-likeness (QED) is 0.372. The van der Waals surface area contributed by atoms with Gasteiger partial charge >= 0.3 is 0 Å². The fourth-order valence-corrected chi connectivity index (χ4v) is 5.47. The number of hydrogen-bond donors (Lipinski definition) is 0. The van der Waals surface area contributed by atoms with Gasteiger partial charge in [-0.2, -0.15) is 0 Å². The summed E-state index contributed by atoms with van der Waals surface area (Å²) in [7, 11) is 0. The molecule has 4 rings (SSSR count). The molecule has 2 amide bonds. The van der Waals surface area contributed by atoms with Gasteiger partial charge in [-0.15, -0.1) is 11.3 Å². The van der Waals surface area contributed by atoms with Crippen LogP contribution in [-0.2, 0) is 11.2 Å². The third kappa shape index (κ3) is 5.43. The van der Waals surface area contributed by atoms with Crippen molar-refractivity contribution >= 4 is 46.4 Å². The Morgan fingerprint density at radius 2 is 1.88 bits per heavy atom. The summed E-state index contributed by atoms with van der Waals surface area (Å²) in [5.74, 6) is -0.228. The molecule has 2 heterocycles. The molecule has 172 valence electrons. The lowest BCUT2D eigenvalue weighted by Crippen LogP contribution is -2.47. The monoisotopic (exact) mass is 500 g/mol. The van der Waals surface area contributed by atoms with Crippen molar-refractivity contribution in [1.29, 1.82) is 0 Å². The predicted molar refractivity (Wildman–Crippen MR) is 135 cm³/mol. The Balaban J connectivity index is 1.61. The predicted octanol–water partition coefficient (Wildman–Crippen LogP) is 6.47. The fourth-order valence-electron chi connectivity index (χ4n) is 4.25. The van der Waals surface area contributed by atoms with Crippen LogP contribution in [0.1, 0.15) is 52.2 Å². The van der Waals surface area contributed by atoms with Crippen LogP contribution in [0.3, 0.4) is 0 Å². The van der Waals surface area contributed by atoms with Crippen LogP contribution >= 0.6 is 34.5 Å². The molecule has 0 radical (unpaired) electrons. The molecule has 33 heavy (non-hydrogen) atoms. The summed E-state index contributed by atoms with van der Waals surface area (Å²) in [6.45, 7) is 3.25. The Morgan fingerprint density at radius 1 is 1.09 bits per heavy atom. The third-order valence-electron chi connectivity index (χ3n) is 5.94. The molecule has 1 atom stereocenters. The van der Waals surface area contributed by atoms with Crippen molar-refractivity contribution in [1.82, 2.24) is 9.80 Å². The third-order valence-corrected chi connectivity index (χ3v) is 7.42. The van der Waals surface area contributed by atoms with Crippen molar-refractivity contribution in [2.24, 2.45) is 0 Å². The molecule has 1 unspecified atom stereocenters. The second-order valence-electron chi connectivity index (χ2n) is 8.18. The van der Waals surface area contributed by atoms with Gasteiger partial charge in [-0.3, -0.25) is 9.59 Å². The van der Waals surface area contributed by atoms with E-state index in [1.54, 1.807) is 40.5 Å². The van der Waals surface area contributed by atoms with Gasteiger partial charge in [-0.25, -0.2) is 0 Å².